The summed E-state index contributed by atoms with van der Waals surface area (Å²) in [5, 5.41) is 2.98. The molecule has 2 rings (SSSR count). The predicted octanol–water partition coefficient (Wildman–Crippen LogP) is 3.39. The first-order valence-corrected chi connectivity index (χ1v) is 8.24. The number of methoxy groups -OCH3 is 2. The minimum Gasteiger partial charge on any atom is -0.497 e. The molecule has 0 aliphatic heterocycles. The lowest BCUT2D eigenvalue weighted by Crippen LogP contribution is -2.24. The minimum atomic E-state index is 0.0977. The van der Waals surface area contributed by atoms with Gasteiger partial charge in [-0.2, -0.15) is 0 Å². The summed E-state index contributed by atoms with van der Waals surface area (Å²) in [6.45, 7) is 0.702. The van der Waals surface area contributed by atoms with Crippen LogP contribution in [0, 0.1) is 0 Å². The Hall–Kier alpha value is -2.49. The fourth-order valence-corrected chi connectivity index (χ4v) is 2.45. The number of hydrogen-bond donors (Lipinski definition) is 1. The summed E-state index contributed by atoms with van der Waals surface area (Å²) >= 11 is 0. The molecule has 0 unspecified atom stereocenters. The lowest BCUT2D eigenvalue weighted by molar-refractivity contribution is -0.121. The molecular weight excluding hydrogens is 302 g/mol. The zero-order chi connectivity index (χ0) is 17.2. The number of hydrogen-bond acceptors (Lipinski definition) is 3. The van der Waals surface area contributed by atoms with Crippen LogP contribution in [0.3, 0.4) is 0 Å². The van der Waals surface area contributed by atoms with Crippen molar-refractivity contribution in [3.05, 3.63) is 59.7 Å². The van der Waals surface area contributed by atoms with E-state index in [1.54, 1.807) is 14.2 Å². The van der Waals surface area contributed by atoms with Crippen molar-refractivity contribution in [2.45, 2.75) is 25.7 Å². The second-order valence-electron chi connectivity index (χ2n) is 5.65. The highest BCUT2D eigenvalue weighted by molar-refractivity contribution is 5.76. The first-order valence-electron chi connectivity index (χ1n) is 8.24. The fourth-order valence-electron chi connectivity index (χ4n) is 2.45. The Morgan fingerprint density at radius 2 is 1.33 bits per heavy atom. The van der Waals surface area contributed by atoms with Gasteiger partial charge < -0.3 is 14.8 Å². The Morgan fingerprint density at radius 1 is 0.833 bits per heavy atom. The number of aryl methyl sites for hydroxylation is 2. The quantitative estimate of drug-likeness (QED) is 0.718. The number of ether oxygens (including phenoxy) is 2. The molecular formula is C20H25NO3. The molecule has 4 heteroatoms. The van der Waals surface area contributed by atoms with Crippen molar-refractivity contribution in [2.24, 2.45) is 0 Å². The summed E-state index contributed by atoms with van der Waals surface area (Å²) in [7, 11) is 3.31. The van der Waals surface area contributed by atoms with E-state index in [1.807, 2.05) is 36.4 Å². The smallest absolute Gasteiger partial charge is 0.220 e. The number of rotatable bonds is 9. The Bertz CT molecular complexity index is 620. The van der Waals surface area contributed by atoms with Crippen LogP contribution in [0.4, 0.5) is 0 Å². The van der Waals surface area contributed by atoms with Crippen LogP contribution < -0.4 is 14.8 Å². The molecule has 0 atom stereocenters. The van der Waals surface area contributed by atoms with Crippen molar-refractivity contribution in [3.63, 3.8) is 0 Å². The number of carbonyl (C=O) groups excluding carboxylic acids is 1. The lowest BCUT2D eigenvalue weighted by atomic mass is 10.1. The van der Waals surface area contributed by atoms with Gasteiger partial charge in [0, 0.05) is 13.0 Å². The maximum Gasteiger partial charge on any atom is 0.220 e. The molecule has 0 aliphatic carbocycles. The van der Waals surface area contributed by atoms with Gasteiger partial charge in [0.15, 0.2) is 0 Å². The molecule has 0 heterocycles. The van der Waals surface area contributed by atoms with Crippen LogP contribution in [0.2, 0.25) is 0 Å². The number of carbonyl (C=O) groups is 1. The second kappa shape index (κ2) is 9.60. The third-order valence-electron chi connectivity index (χ3n) is 3.92. The summed E-state index contributed by atoms with van der Waals surface area (Å²) < 4.78 is 10.3. The van der Waals surface area contributed by atoms with Gasteiger partial charge in [-0.1, -0.05) is 24.3 Å². The van der Waals surface area contributed by atoms with Gasteiger partial charge in [-0.3, -0.25) is 4.79 Å². The van der Waals surface area contributed by atoms with Crippen LogP contribution in [0.25, 0.3) is 0 Å². The maximum atomic E-state index is 11.9. The Kier molecular flexibility index (Phi) is 7.15. The third-order valence-corrected chi connectivity index (χ3v) is 3.92. The molecule has 128 valence electrons. The molecule has 1 N–H and O–H groups in total. The number of amides is 1. The highest BCUT2D eigenvalue weighted by Gasteiger charge is 2.02. The van der Waals surface area contributed by atoms with Crippen LogP contribution in [0.5, 0.6) is 11.5 Å². The molecule has 0 spiro atoms. The van der Waals surface area contributed by atoms with E-state index < -0.39 is 0 Å². The minimum absolute atomic E-state index is 0.0977. The first-order chi connectivity index (χ1) is 11.7. The molecule has 1 amide bonds. The zero-order valence-electron chi connectivity index (χ0n) is 14.4. The molecule has 2 aromatic rings. The maximum absolute atomic E-state index is 11.9. The van der Waals surface area contributed by atoms with Gasteiger partial charge in [0.25, 0.3) is 0 Å². The Morgan fingerprint density at radius 3 is 1.83 bits per heavy atom. The van der Waals surface area contributed by atoms with Crippen molar-refractivity contribution in [1.82, 2.24) is 5.32 Å². The van der Waals surface area contributed by atoms with E-state index in [-0.39, 0.29) is 5.91 Å². The monoisotopic (exact) mass is 327 g/mol. The highest BCUT2D eigenvalue weighted by Crippen LogP contribution is 2.13. The van der Waals surface area contributed by atoms with Crippen molar-refractivity contribution in [1.29, 1.82) is 0 Å². The Balaban J connectivity index is 1.62. The highest BCUT2D eigenvalue weighted by atomic mass is 16.5. The summed E-state index contributed by atoms with van der Waals surface area (Å²) in [6.07, 6.45) is 3.13. The molecule has 0 bridgehead atoms. The topological polar surface area (TPSA) is 47.6 Å². The average Bonchev–Trinajstić information content (AvgIpc) is 2.64. The van der Waals surface area contributed by atoms with E-state index in [9.17, 15) is 4.79 Å². The molecule has 0 aromatic heterocycles. The average molecular weight is 327 g/mol. The molecule has 4 nitrogen and oxygen atoms in total. The molecule has 2 aromatic carbocycles. The van der Waals surface area contributed by atoms with E-state index >= 15 is 0 Å². The number of nitrogens with one attached hydrogen (secondary N) is 1. The SMILES string of the molecule is COc1ccc(CCCNC(=O)CCc2ccc(OC)cc2)cc1. The van der Waals surface area contributed by atoms with Crippen LogP contribution in [-0.2, 0) is 17.6 Å². The van der Waals surface area contributed by atoms with Gasteiger partial charge in [-0.25, -0.2) is 0 Å². The lowest BCUT2D eigenvalue weighted by Gasteiger charge is -2.07. The van der Waals surface area contributed by atoms with Crippen molar-refractivity contribution in [2.75, 3.05) is 20.8 Å². The summed E-state index contributed by atoms with van der Waals surface area (Å²) in [5.41, 5.74) is 2.40. The van der Waals surface area contributed by atoms with Crippen molar-refractivity contribution in [3.8, 4) is 11.5 Å². The molecule has 0 aliphatic rings. The van der Waals surface area contributed by atoms with Gasteiger partial charge in [0.1, 0.15) is 11.5 Å². The van der Waals surface area contributed by atoms with Crippen LogP contribution in [-0.4, -0.2) is 26.7 Å². The molecule has 0 radical (unpaired) electrons. The zero-order valence-corrected chi connectivity index (χ0v) is 14.4. The van der Waals surface area contributed by atoms with E-state index in [0.717, 1.165) is 36.3 Å². The third kappa shape index (κ3) is 5.95. The van der Waals surface area contributed by atoms with Crippen LogP contribution >= 0.6 is 0 Å². The van der Waals surface area contributed by atoms with Crippen molar-refractivity contribution < 1.29 is 14.3 Å². The fraction of sp³-hybridized carbons (Fsp3) is 0.350. The van der Waals surface area contributed by atoms with E-state index in [1.165, 1.54) is 5.56 Å². The second-order valence-corrected chi connectivity index (χ2v) is 5.65. The van der Waals surface area contributed by atoms with Gasteiger partial charge in [0.2, 0.25) is 5.91 Å². The van der Waals surface area contributed by atoms with Gasteiger partial charge in [-0.15, -0.1) is 0 Å². The Labute approximate surface area is 143 Å². The molecule has 0 fully saturated rings. The predicted molar refractivity (Wildman–Crippen MR) is 95.6 cm³/mol. The van der Waals surface area contributed by atoms with E-state index in [0.29, 0.717) is 13.0 Å². The standard InChI is InChI=1S/C20H25NO3/c1-23-18-10-5-16(6-11-18)4-3-15-21-20(22)14-9-17-7-12-19(24-2)13-8-17/h5-8,10-13H,3-4,9,14-15H2,1-2H3,(H,21,22). The number of benzene rings is 2. The molecule has 24 heavy (non-hydrogen) atoms. The first kappa shape index (κ1) is 17.9. The van der Waals surface area contributed by atoms with Crippen molar-refractivity contribution >= 4 is 5.91 Å². The molecule has 0 saturated carbocycles. The largest absolute Gasteiger partial charge is 0.497 e. The van der Waals surface area contributed by atoms with Gasteiger partial charge in [-0.05, 0) is 54.7 Å². The van der Waals surface area contributed by atoms with E-state index in [2.05, 4.69) is 17.4 Å². The van der Waals surface area contributed by atoms with Gasteiger partial charge in [0.05, 0.1) is 14.2 Å². The summed E-state index contributed by atoms with van der Waals surface area (Å²) in [4.78, 5) is 11.9. The summed E-state index contributed by atoms with van der Waals surface area (Å²) in [5.74, 6) is 1.80. The van der Waals surface area contributed by atoms with Crippen LogP contribution in [0.15, 0.2) is 48.5 Å². The van der Waals surface area contributed by atoms with E-state index in [4.69, 9.17) is 9.47 Å². The summed E-state index contributed by atoms with van der Waals surface area (Å²) in [6, 6.07) is 15.9. The van der Waals surface area contributed by atoms with Gasteiger partial charge >= 0.3 is 0 Å². The normalized spacial score (nSPS) is 10.2. The molecule has 0 saturated heterocycles. The van der Waals surface area contributed by atoms with Crippen LogP contribution in [0.1, 0.15) is 24.0 Å².